The monoisotopic (exact) mass is 399 g/mol. The Morgan fingerprint density at radius 2 is 2.00 bits per heavy atom. The number of amides is 1. The van der Waals surface area contributed by atoms with Crippen LogP contribution in [0.1, 0.15) is 18.2 Å². The Bertz CT molecular complexity index is 1020. The standard InChI is InChI=1S/C20H18ClN3O4/c1-26-13-7-8-14(17(10-13)27-2)20-22-19(23-28-20)12-9-18(25)24(11-12)16-6-4-3-5-15(16)21/h3-8,10,12H,9,11H2,1-2H3. The first-order valence-corrected chi connectivity index (χ1v) is 9.09. The van der Waals surface area contributed by atoms with Crippen molar-refractivity contribution in [2.75, 3.05) is 25.7 Å². The summed E-state index contributed by atoms with van der Waals surface area (Å²) in [5.41, 5.74) is 1.35. The summed E-state index contributed by atoms with van der Waals surface area (Å²) >= 11 is 6.24. The summed E-state index contributed by atoms with van der Waals surface area (Å²) < 4.78 is 16.0. The number of ether oxygens (including phenoxy) is 2. The smallest absolute Gasteiger partial charge is 0.261 e. The van der Waals surface area contributed by atoms with Crippen molar-refractivity contribution in [2.24, 2.45) is 0 Å². The molecule has 144 valence electrons. The van der Waals surface area contributed by atoms with Crippen LogP contribution in [0.5, 0.6) is 11.5 Å². The summed E-state index contributed by atoms with van der Waals surface area (Å²) in [7, 11) is 3.15. The van der Waals surface area contributed by atoms with E-state index < -0.39 is 0 Å². The lowest BCUT2D eigenvalue weighted by Crippen LogP contribution is -2.24. The zero-order valence-corrected chi connectivity index (χ0v) is 16.1. The quantitative estimate of drug-likeness (QED) is 0.647. The molecule has 2 heterocycles. The van der Waals surface area contributed by atoms with Crippen LogP contribution in [0, 0.1) is 0 Å². The van der Waals surface area contributed by atoms with Gasteiger partial charge in [-0.15, -0.1) is 0 Å². The molecular formula is C20H18ClN3O4. The van der Waals surface area contributed by atoms with Gasteiger partial charge < -0.3 is 18.9 Å². The summed E-state index contributed by atoms with van der Waals surface area (Å²) in [5.74, 6) is 1.85. The summed E-state index contributed by atoms with van der Waals surface area (Å²) in [6, 6.07) is 12.6. The Labute approximate surface area is 166 Å². The normalized spacial score (nSPS) is 16.5. The van der Waals surface area contributed by atoms with E-state index in [0.29, 0.717) is 52.5 Å². The molecule has 1 aliphatic heterocycles. The SMILES string of the molecule is COc1ccc(-c2nc(C3CC(=O)N(c4ccccc4Cl)C3)no2)c(OC)c1. The molecule has 8 heteroatoms. The van der Waals surface area contributed by atoms with Crippen LogP contribution in [-0.2, 0) is 4.79 Å². The van der Waals surface area contributed by atoms with E-state index in [0.717, 1.165) is 0 Å². The van der Waals surface area contributed by atoms with E-state index in [-0.39, 0.29) is 11.8 Å². The van der Waals surface area contributed by atoms with E-state index in [1.54, 1.807) is 43.4 Å². The van der Waals surface area contributed by atoms with Crippen LogP contribution in [0.2, 0.25) is 5.02 Å². The van der Waals surface area contributed by atoms with Crippen LogP contribution in [0.4, 0.5) is 5.69 Å². The Morgan fingerprint density at radius 1 is 1.18 bits per heavy atom. The third-order valence-corrected chi connectivity index (χ3v) is 5.03. The number of hydrogen-bond acceptors (Lipinski definition) is 6. The molecule has 4 rings (SSSR count). The minimum Gasteiger partial charge on any atom is -0.497 e. The largest absolute Gasteiger partial charge is 0.497 e. The molecule has 0 bridgehead atoms. The van der Waals surface area contributed by atoms with Gasteiger partial charge in [0.05, 0.1) is 30.5 Å². The van der Waals surface area contributed by atoms with Crippen LogP contribution in [0.15, 0.2) is 47.0 Å². The molecule has 0 N–H and O–H groups in total. The number of aromatic nitrogens is 2. The van der Waals surface area contributed by atoms with Crippen molar-refractivity contribution >= 4 is 23.2 Å². The minimum absolute atomic E-state index is 0.0218. The van der Waals surface area contributed by atoms with Gasteiger partial charge in [0.25, 0.3) is 5.89 Å². The highest BCUT2D eigenvalue weighted by Crippen LogP contribution is 2.36. The van der Waals surface area contributed by atoms with Crippen molar-refractivity contribution in [3.63, 3.8) is 0 Å². The number of halogens is 1. The van der Waals surface area contributed by atoms with E-state index >= 15 is 0 Å². The molecule has 1 atom stereocenters. The number of anilines is 1. The Kier molecular flexibility index (Phi) is 4.92. The van der Waals surface area contributed by atoms with Crippen LogP contribution < -0.4 is 14.4 Å². The van der Waals surface area contributed by atoms with Gasteiger partial charge in [0.1, 0.15) is 11.5 Å². The second-order valence-electron chi connectivity index (χ2n) is 6.38. The minimum atomic E-state index is -0.175. The predicted molar refractivity (Wildman–Crippen MR) is 104 cm³/mol. The molecule has 2 aromatic carbocycles. The highest BCUT2D eigenvalue weighted by atomic mass is 35.5. The molecule has 0 saturated carbocycles. The van der Waals surface area contributed by atoms with Crippen molar-refractivity contribution in [3.8, 4) is 23.0 Å². The Balaban J connectivity index is 1.59. The molecule has 1 aliphatic rings. The third kappa shape index (κ3) is 3.29. The molecule has 3 aromatic rings. The van der Waals surface area contributed by atoms with Crippen molar-refractivity contribution in [3.05, 3.63) is 53.3 Å². The van der Waals surface area contributed by atoms with Crippen molar-refractivity contribution in [1.29, 1.82) is 0 Å². The van der Waals surface area contributed by atoms with Gasteiger partial charge in [-0.3, -0.25) is 4.79 Å². The van der Waals surface area contributed by atoms with Crippen LogP contribution in [0.25, 0.3) is 11.5 Å². The lowest BCUT2D eigenvalue weighted by atomic mass is 10.1. The number of carbonyl (C=O) groups is 1. The van der Waals surface area contributed by atoms with E-state index in [1.165, 1.54) is 0 Å². The molecule has 1 fully saturated rings. The van der Waals surface area contributed by atoms with Crippen molar-refractivity contribution < 1.29 is 18.8 Å². The first-order chi connectivity index (χ1) is 13.6. The van der Waals surface area contributed by atoms with Crippen molar-refractivity contribution in [2.45, 2.75) is 12.3 Å². The topological polar surface area (TPSA) is 77.7 Å². The number of nitrogens with zero attached hydrogens (tertiary/aromatic N) is 3. The Hall–Kier alpha value is -3.06. The number of methoxy groups -OCH3 is 2. The number of benzene rings is 2. The maximum atomic E-state index is 12.5. The van der Waals surface area contributed by atoms with Gasteiger partial charge in [-0.05, 0) is 24.3 Å². The van der Waals surface area contributed by atoms with Gasteiger partial charge in [-0.2, -0.15) is 4.98 Å². The summed E-state index contributed by atoms with van der Waals surface area (Å²) in [6.45, 7) is 0.446. The summed E-state index contributed by atoms with van der Waals surface area (Å²) in [5, 5.41) is 4.63. The molecule has 1 amide bonds. The van der Waals surface area contributed by atoms with E-state index in [1.807, 2.05) is 18.2 Å². The number of para-hydroxylation sites is 1. The van der Waals surface area contributed by atoms with Crippen LogP contribution in [-0.4, -0.2) is 36.8 Å². The molecule has 0 radical (unpaired) electrons. The van der Waals surface area contributed by atoms with Gasteiger partial charge >= 0.3 is 0 Å². The predicted octanol–water partition coefficient (Wildman–Crippen LogP) is 3.93. The maximum absolute atomic E-state index is 12.5. The van der Waals surface area contributed by atoms with Gasteiger partial charge in [0, 0.05) is 24.9 Å². The number of hydrogen-bond donors (Lipinski definition) is 0. The fourth-order valence-electron chi connectivity index (χ4n) is 3.27. The molecule has 1 saturated heterocycles. The first kappa shape index (κ1) is 18.3. The van der Waals surface area contributed by atoms with Crippen molar-refractivity contribution in [1.82, 2.24) is 10.1 Å². The van der Waals surface area contributed by atoms with E-state index in [2.05, 4.69) is 10.1 Å². The second kappa shape index (κ2) is 7.52. The molecule has 1 aromatic heterocycles. The average molecular weight is 400 g/mol. The molecule has 0 spiro atoms. The summed E-state index contributed by atoms with van der Waals surface area (Å²) in [6.07, 6.45) is 0.296. The molecular weight excluding hydrogens is 382 g/mol. The molecule has 1 unspecified atom stereocenters. The van der Waals surface area contributed by atoms with Gasteiger partial charge in [0.15, 0.2) is 5.82 Å². The zero-order valence-electron chi connectivity index (χ0n) is 15.4. The highest BCUT2D eigenvalue weighted by Gasteiger charge is 2.35. The second-order valence-corrected chi connectivity index (χ2v) is 6.79. The fraction of sp³-hybridized carbons (Fsp3) is 0.250. The highest BCUT2D eigenvalue weighted by molar-refractivity contribution is 6.33. The third-order valence-electron chi connectivity index (χ3n) is 4.71. The van der Waals surface area contributed by atoms with E-state index in [4.69, 9.17) is 25.6 Å². The van der Waals surface area contributed by atoms with Gasteiger partial charge in [-0.1, -0.05) is 28.9 Å². The first-order valence-electron chi connectivity index (χ1n) is 8.71. The van der Waals surface area contributed by atoms with Gasteiger partial charge in [0.2, 0.25) is 5.91 Å². The lowest BCUT2D eigenvalue weighted by molar-refractivity contribution is -0.117. The summed E-state index contributed by atoms with van der Waals surface area (Å²) in [4.78, 5) is 18.7. The average Bonchev–Trinajstić information content (AvgIpc) is 3.35. The molecule has 7 nitrogen and oxygen atoms in total. The maximum Gasteiger partial charge on any atom is 0.261 e. The van der Waals surface area contributed by atoms with Crippen LogP contribution in [0.3, 0.4) is 0 Å². The molecule has 28 heavy (non-hydrogen) atoms. The zero-order chi connectivity index (χ0) is 19.7. The van der Waals surface area contributed by atoms with Crippen LogP contribution >= 0.6 is 11.6 Å². The lowest BCUT2D eigenvalue weighted by Gasteiger charge is -2.17. The number of rotatable bonds is 5. The molecule has 0 aliphatic carbocycles. The van der Waals surface area contributed by atoms with E-state index in [9.17, 15) is 4.79 Å². The Morgan fingerprint density at radius 3 is 2.75 bits per heavy atom. The number of carbonyl (C=O) groups excluding carboxylic acids is 1. The fourth-order valence-corrected chi connectivity index (χ4v) is 3.51. The van der Waals surface area contributed by atoms with Gasteiger partial charge in [-0.25, -0.2) is 0 Å².